The van der Waals surface area contributed by atoms with Crippen LogP contribution < -0.4 is 0 Å². The number of aromatic amines is 1. The number of aromatic nitrogens is 1. The lowest BCUT2D eigenvalue weighted by Gasteiger charge is -2.18. The number of benzene rings is 2. The predicted molar refractivity (Wildman–Crippen MR) is 88.5 cm³/mol. The maximum absolute atomic E-state index is 4.48. The molecule has 2 aromatic carbocycles. The van der Waals surface area contributed by atoms with Gasteiger partial charge in [-0.15, -0.1) is 11.8 Å². The Kier molecular flexibility index (Phi) is 2.64. The van der Waals surface area contributed by atoms with Crippen molar-refractivity contribution < 1.29 is 0 Å². The standard InChI is InChI=1S/C17H16N2S/c1-10-13-9-18-8-7-11(13)17(20-2)16-15(10)12-5-3-4-6-14(12)19-16/h3-6,9,19H,7-8H2,1-2H3. The summed E-state index contributed by atoms with van der Waals surface area (Å²) in [6.07, 6.45) is 5.28. The highest BCUT2D eigenvalue weighted by molar-refractivity contribution is 7.98. The molecule has 2 nitrogen and oxygen atoms in total. The minimum absolute atomic E-state index is 0.908. The van der Waals surface area contributed by atoms with Gasteiger partial charge in [-0.05, 0) is 36.8 Å². The molecule has 1 aromatic heterocycles. The number of hydrogen-bond acceptors (Lipinski definition) is 2. The summed E-state index contributed by atoms with van der Waals surface area (Å²) in [5.74, 6) is 0. The summed E-state index contributed by atoms with van der Waals surface area (Å²) in [4.78, 5) is 9.50. The van der Waals surface area contributed by atoms with E-state index >= 15 is 0 Å². The second kappa shape index (κ2) is 4.38. The third-order valence-corrected chi connectivity index (χ3v) is 5.09. The Morgan fingerprint density at radius 1 is 1.25 bits per heavy atom. The van der Waals surface area contributed by atoms with E-state index in [0.29, 0.717) is 0 Å². The van der Waals surface area contributed by atoms with Crippen molar-refractivity contribution in [3.63, 3.8) is 0 Å². The number of thioether (sulfide) groups is 1. The SMILES string of the molecule is CSc1c2c(c(C)c3c1[nH]c1ccccc13)C=NCC2. The third kappa shape index (κ3) is 1.50. The molecule has 0 unspecified atom stereocenters. The van der Waals surface area contributed by atoms with Gasteiger partial charge in [-0.25, -0.2) is 0 Å². The molecule has 0 saturated carbocycles. The van der Waals surface area contributed by atoms with Crippen LogP contribution >= 0.6 is 11.8 Å². The fourth-order valence-electron chi connectivity index (χ4n) is 3.32. The van der Waals surface area contributed by atoms with Crippen molar-refractivity contribution in [2.75, 3.05) is 12.8 Å². The van der Waals surface area contributed by atoms with Crippen LogP contribution in [0.1, 0.15) is 16.7 Å². The van der Waals surface area contributed by atoms with Crippen molar-refractivity contribution in [1.29, 1.82) is 0 Å². The van der Waals surface area contributed by atoms with Gasteiger partial charge in [0.25, 0.3) is 0 Å². The second-order valence-corrected chi connectivity index (χ2v) is 6.07. The molecular weight excluding hydrogens is 264 g/mol. The van der Waals surface area contributed by atoms with Crippen LogP contribution in [-0.2, 0) is 6.42 Å². The van der Waals surface area contributed by atoms with Crippen LogP contribution in [-0.4, -0.2) is 24.0 Å². The van der Waals surface area contributed by atoms with Gasteiger partial charge in [0.15, 0.2) is 0 Å². The third-order valence-electron chi connectivity index (χ3n) is 4.23. The van der Waals surface area contributed by atoms with Gasteiger partial charge in [0.1, 0.15) is 0 Å². The van der Waals surface area contributed by atoms with Crippen molar-refractivity contribution in [3.8, 4) is 0 Å². The molecular formula is C17H16N2S. The first kappa shape index (κ1) is 12.0. The first-order valence-electron chi connectivity index (χ1n) is 6.91. The summed E-state index contributed by atoms with van der Waals surface area (Å²) >= 11 is 1.84. The molecule has 2 heterocycles. The number of H-pyrrole nitrogens is 1. The fraction of sp³-hybridized carbons (Fsp3) is 0.235. The molecule has 1 N–H and O–H groups in total. The molecule has 0 bridgehead atoms. The first-order chi connectivity index (χ1) is 9.81. The minimum atomic E-state index is 0.908. The number of rotatable bonds is 1. The number of nitrogens with zero attached hydrogens (tertiary/aromatic N) is 1. The summed E-state index contributed by atoms with van der Waals surface area (Å²) in [5, 5.41) is 2.68. The largest absolute Gasteiger partial charge is 0.354 e. The van der Waals surface area contributed by atoms with Gasteiger partial charge in [0.2, 0.25) is 0 Å². The van der Waals surface area contributed by atoms with Gasteiger partial charge in [-0.1, -0.05) is 18.2 Å². The highest BCUT2D eigenvalue weighted by atomic mass is 32.2. The van der Waals surface area contributed by atoms with E-state index < -0.39 is 0 Å². The Hall–Kier alpha value is -1.74. The van der Waals surface area contributed by atoms with Crippen LogP contribution in [0.4, 0.5) is 0 Å². The zero-order valence-electron chi connectivity index (χ0n) is 11.7. The Balaban J connectivity index is 2.27. The van der Waals surface area contributed by atoms with E-state index in [1.54, 1.807) is 0 Å². The monoisotopic (exact) mass is 280 g/mol. The summed E-state index contributed by atoms with van der Waals surface area (Å²) in [5.41, 5.74) is 6.67. The van der Waals surface area contributed by atoms with E-state index in [1.807, 2.05) is 11.8 Å². The van der Waals surface area contributed by atoms with E-state index in [4.69, 9.17) is 0 Å². The van der Waals surface area contributed by atoms with Crippen LogP contribution in [0.15, 0.2) is 34.2 Å². The van der Waals surface area contributed by atoms with E-state index in [-0.39, 0.29) is 0 Å². The van der Waals surface area contributed by atoms with E-state index in [0.717, 1.165) is 13.0 Å². The summed E-state index contributed by atoms with van der Waals surface area (Å²) in [6.45, 7) is 3.13. The second-order valence-electron chi connectivity index (χ2n) is 5.26. The van der Waals surface area contributed by atoms with Crippen LogP contribution in [0.3, 0.4) is 0 Å². The molecule has 0 radical (unpaired) electrons. The van der Waals surface area contributed by atoms with Crippen molar-refractivity contribution in [2.24, 2.45) is 4.99 Å². The quantitative estimate of drug-likeness (QED) is 0.660. The summed E-state index contributed by atoms with van der Waals surface area (Å²) < 4.78 is 0. The van der Waals surface area contributed by atoms with E-state index in [1.165, 1.54) is 43.4 Å². The van der Waals surface area contributed by atoms with Crippen molar-refractivity contribution in [2.45, 2.75) is 18.2 Å². The highest BCUT2D eigenvalue weighted by Gasteiger charge is 2.20. The lowest BCUT2D eigenvalue weighted by molar-refractivity contribution is 0.929. The number of aryl methyl sites for hydroxylation is 1. The average Bonchev–Trinajstić information content (AvgIpc) is 2.87. The molecule has 100 valence electrons. The van der Waals surface area contributed by atoms with Crippen LogP contribution in [0, 0.1) is 6.92 Å². The number of fused-ring (bicyclic) bond motifs is 4. The van der Waals surface area contributed by atoms with Crippen molar-refractivity contribution in [3.05, 3.63) is 41.0 Å². The Labute approximate surface area is 122 Å². The minimum Gasteiger partial charge on any atom is -0.354 e. The number of nitrogens with one attached hydrogen (secondary N) is 1. The maximum atomic E-state index is 4.48. The Morgan fingerprint density at radius 2 is 2.10 bits per heavy atom. The molecule has 20 heavy (non-hydrogen) atoms. The molecule has 0 saturated heterocycles. The first-order valence-corrected chi connectivity index (χ1v) is 8.13. The molecule has 1 aliphatic rings. The topological polar surface area (TPSA) is 28.1 Å². The zero-order chi connectivity index (χ0) is 13.7. The lowest BCUT2D eigenvalue weighted by Crippen LogP contribution is -2.07. The van der Waals surface area contributed by atoms with E-state index in [2.05, 4.69) is 53.6 Å². The average molecular weight is 280 g/mol. The zero-order valence-corrected chi connectivity index (χ0v) is 12.5. The van der Waals surface area contributed by atoms with Crippen molar-refractivity contribution >= 4 is 39.8 Å². The molecule has 0 amide bonds. The molecule has 1 aliphatic heterocycles. The van der Waals surface area contributed by atoms with Crippen LogP contribution in [0.5, 0.6) is 0 Å². The lowest BCUT2D eigenvalue weighted by atomic mass is 9.94. The van der Waals surface area contributed by atoms with Gasteiger partial charge in [0, 0.05) is 39.5 Å². The molecule has 4 rings (SSSR count). The molecule has 3 heteroatoms. The Bertz CT molecular complexity index is 858. The van der Waals surface area contributed by atoms with Gasteiger partial charge >= 0.3 is 0 Å². The smallest absolute Gasteiger partial charge is 0.0608 e. The van der Waals surface area contributed by atoms with Gasteiger partial charge in [-0.3, -0.25) is 4.99 Å². The molecule has 0 spiro atoms. The summed E-state index contributed by atoms with van der Waals surface area (Å²) in [7, 11) is 0. The number of aliphatic imine (C=N–C) groups is 1. The molecule has 0 atom stereocenters. The normalized spacial score (nSPS) is 14.1. The molecule has 0 fully saturated rings. The predicted octanol–water partition coefficient (Wildman–Crippen LogP) is 4.33. The maximum Gasteiger partial charge on any atom is 0.0608 e. The fourth-order valence-corrected chi connectivity index (χ4v) is 4.13. The van der Waals surface area contributed by atoms with Crippen molar-refractivity contribution in [1.82, 2.24) is 4.98 Å². The molecule has 0 aliphatic carbocycles. The van der Waals surface area contributed by atoms with Gasteiger partial charge in [0.05, 0.1) is 5.52 Å². The van der Waals surface area contributed by atoms with Crippen LogP contribution in [0.2, 0.25) is 0 Å². The number of para-hydroxylation sites is 1. The van der Waals surface area contributed by atoms with Crippen LogP contribution in [0.25, 0.3) is 21.8 Å². The highest BCUT2D eigenvalue weighted by Crippen LogP contribution is 2.39. The number of hydrogen-bond donors (Lipinski definition) is 1. The summed E-state index contributed by atoms with van der Waals surface area (Å²) in [6, 6.07) is 8.57. The van der Waals surface area contributed by atoms with Gasteiger partial charge in [-0.2, -0.15) is 0 Å². The van der Waals surface area contributed by atoms with E-state index in [9.17, 15) is 0 Å². The Morgan fingerprint density at radius 3 is 2.95 bits per heavy atom. The molecule has 3 aromatic rings. The van der Waals surface area contributed by atoms with Gasteiger partial charge < -0.3 is 4.98 Å².